The van der Waals surface area contributed by atoms with Gasteiger partial charge in [-0.3, -0.25) is 14.4 Å². The number of amides is 5. The Hall–Kier alpha value is -4.16. The molecule has 1 aromatic rings. The third-order valence-corrected chi connectivity index (χ3v) is 8.61. The maximum atomic E-state index is 13.9. The van der Waals surface area contributed by atoms with Crippen LogP contribution in [0.15, 0.2) is 24.3 Å². The number of carbonyl (C=O) groups is 6. The number of nitrogens with zero attached hydrogens (tertiary/aromatic N) is 2. The smallest absolute Gasteiger partial charge is 0.410 e. The summed E-state index contributed by atoms with van der Waals surface area (Å²) >= 11 is 0. The van der Waals surface area contributed by atoms with Gasteiger partial charge in [0.05, 0.1) is 12.6 Å². The minimum Gasteiger partial charge on any atom is -0.458 e. The zero-order valence-electron chi connectivity index (χ0n) is 29.2. The summed E-state index contributed by atoms with van der Waals surface area (Å²) in [4.78, 5) is 82.6. The van der Waals surface area contributed by atoms with Gasteiger partial charge in [-0.25, -0.2) is 14.4 Å². The molecule has 1 saturated heterocycles. The van der Waals surface area contributed by atoms with Crippen LogP contribution < -0.4 is 16.0 Å². The summed E-state index contributed by atoms with van der Waals surface area (Å²) in [7, 11) is 0. The highest BCUT2D eigenvalue weighted by molar-refractivity contribution is 6.38. The molecule has 264 valence electrons. The van der Waals surface area contributed by atoms with Gasteiger partial charge in [0, 0.05) is 25.6 Å². The number of rotatable bonds is 10. The van der Waals surface area contributed by atoms with Crippen molar-refractivity contribution < 1.29 is 38.2 Å². The van der Waals surface area contributed by atoms with Crippen molar-refractivity contribution in [2.75, 3.05) is 13.1 Å². The van der Waals surface area contributed by atoms with Crippen molar-refractivity contribution in [3.63, 3.8) is 0 Å². The second-order valence-corrected chi connectivity index (χ2v) is 15.1. The van der Waals surface area contributed by atoms with Gasteiger partial charge >= 0.3 is 18.1 Å². The SMILES string of the molecule is CCCC(NC(=O)N1C[C@@H](OC(=O)N2CCc3ccccc3C2)C[C@H]1C(=O)N[C@H](C(=O)OC(C)(C)C)C(C)(C)C)C(=O)C(=O)NC1CC1. The number of Topliss-reactive ketones (excluding diaryl/α,β-unsaturated/α-hetero) is 1. The standard InChI is InChI=1S/C35H51N5O8/c1-8-11-25(27(41)30(43)36-23-14-15-23)37-32(45)40-20-24(47-33(46)39-17-16-21-12-9-10-13-22(21)19-39)18-26(40)29(42)38-28(34(2,3)4)31(44)48-35(5,6)7/h9-10,12-13,23-26,28H,8,11,14-20H2,1-7H3,(H,36,43)(H,37,45)(H,38,42)/t24-,25?,26-,28+/m0/s1. The summed E-state index contributed by atoms with van der Waals surface area (Å²) in [6, 6.07) is 3.78. The molecule has 0 radical (unpaired) electrons. The van der Waals surface area contributed by atoms with Gasteiger partial charge in [0.2, 0.25) is 11.7 Å². The summed E-state index contributed by atoms with van der Waals surface area (Å²) in [5, 5.41) is 8.11. The topological polar surface area (TPSA) is 163 Å². The van der Waals surface area contributed by atoms with E-state index in [1.54, 1.807) is 46.4 Å². The van der Waals surface area contributed by atoms with Crippen LogP contribution in [0.5, 0.6) is 0 Å². The molecule has 5 amide bonds. The number of esters is 1. The normalized spacial score (nSPS) is 20.6. The van der Waals surface area contributed by atoms with Crippen molar-refractivity contribution in [2.24, 2.45) is 5.41 Å². The van der Waals surface area contributed by atoms with Gasteiger partial charge in [-0.05, 0) is 63.0 Å². The van der Waals surface area contributed by atoms with Crippen molar-refractivity contribution in [3.8, 4) is 0 Å². The van der Waals surface area contributed by atoms with E-state index < -0.39 is 70.9 Å². The number of carbonyl (C=O) groups excluding carboxylic acids is 6. The zero-order chi connectivity index (χ0) is 35.4. The van der Waals surface area contributed by atoms with Crippen LogP contribution in [0, 0.1) is 5.41 Å². The molecule has 1 unspecified atom stereocenters. The maximum absolute atomic E-state index is 13.9. The van der Waals surface area contributed by atoms with Gasteiger partial charge in [0.1, 0.15) is 23.8 Å². The number of benzene rings is 1. The minimum atomic E-state index is -1.14. The molecule has 1 aromatic carbocycles. The second kappa shape index (κ2) is 14.9. The van der Waals surface area contributed by atoms with Crippen LogP contribution in [0.2, 0.25) is 0 Å². The number of nitrogens with one attached hydrogen (secondary N) is 3. The van der Waals surface area contributed by atoms with Gasteiger partial charge in [-0.1, -0.05) is 58.4 Å². The number of ketones is 1. The summed E-state index contributed by atoms with van der Waals surface area (Å²) < 4.78 is 11.5. The zero-order valence-corrected chi connectivity index (χ0v) is 29.2. The van der Waals surface area contributed by atoms with Gasteiger partial charge in [-0.2, -0.15) is 0 Å². The fourth-order valence-electron chi connectivity index (χ4n) is 5.88. The number of fused-ring (bicyclic) bond motifs is 1. The predicted octanol–water partition coefficient (Wildman–Crippen LogP) is 3.22. The van der Waals surface area contributed by atoms with Crippen LogP contribution in [-0.2, 0) is 41.6 Å². The van der Waals surface area contributed by atoms with Crippen molar-refractivity contribution in [1.82, 2.24) is 25.8 Å². The van der Waals surface area contributed by atoms with Gasteiger partial charge in [-0.15, -0.1) is 0 Å². The molecule has 13 nitrogen and oxygen atoms in total. The van der Waals surface area contributed by atoms with Crippen LogP contribution in [0.1, 0.15) is 91.7 Å². The largest absolute Gasteiger partial charge is 0.458 e. The number of hydrogen-bond donors (Lipinski definition) is 3. The van der Waals surface area contributed by atoms with E-state index in [0.29, 0.717) is 25.9 Å². The van der Waals surface area contributed by atoms with Crippen molar-refractivity contribution in [3.05, 3.63) is 35.4 Å². The van der Waals surface area contributed by atoms with E-state index in [4.69, 9.17) is 9.47 Å². The second-order valence-electron chi connectivity index (χ2n) is 15.1. The Kier molecular flexibility index (Phi) is 11.4. The average molecular weight is 670 g/mol. The van der Waals surface area contributed by atoms with Crippen molar-refractivity contribution in [1.29, 1.82) is 0 Å². The molecular weight excluding hydrogens is 618 g/mol. The Labute approximate surface area is 282 Å². The molecule has 3 aliphatic rings. The fraction of sp³-hybridized carbons (Fsp3) is 0.657. The first kappa shape index (κ1) is 36.7. The first-order valence-electron chi connectivity index (χ1n) is 16.9. The highest BCUT2D eigenvalue weighted by Crippen LogP contribution is 2.27. The van der Waals surface area contributed by atoms with Gasteiger partial charge in [0.25, 0.3) is 5.91 Å². The third-order valence-electron chi connectivity index (χ3n) is 8.61. The van der Waals surface area contributed by atoms with Crippen LogP contribution >= 0.6 is 0 Å². The van der Waals surface area contributed by atoms with E-state index >= 15 is 0 Å². The molecule has 2 heterocycles. The lowest BCUT2D eigenvalue weighted by atomic mass is 9.86. The Balaban J connectivity index is 1.52. The Morgan fingerprint density at radius 2 is 1.62 bits per heavy atom. The molecule has 4 rings (SSSR count). The van der Waals surface area contributed by atoms with Crippen LogP contribution in [-0.4, -0.2) is 94.5 Å². The molecule has 1 aliphatic carbocycles. The van der Waals surface area contributed by atoms with Crippen molar-refractivity contribution in [2.45, 2.75) is 129 Å². The lowest BCUT2D eigenvalue weighted by Gasteiger charge is -2.34. The molecule has 0 aromatic heterocycles. The summed E-state index contributed by atoms with van der Waals surface area (Å²) in [6.45, 7) is 13.1. The van der Waals surface area contributed by atoms with E-state index in [1.165, 1.54) is 10.5 Å². The molecule has 2 aliphatic heterocycles. The number of hydrogen-bond acceptors (Lipinski definition) is 8. The lowest BCUT2D eigenvalue weighted by molar-refractivity contribution is -0.162. The van der Waals surface area contributed by atoms with Crippen molar-refractivity contribution >= 4 is 35.7 Å². The third kappa shape index (κ3) is 9.70. The average Bonchev–Trinajstić information content (AvgIpc) is 3.72. The minimum absolute atomic E-state index is 0.0318. The molecule has 3 N–H and O–H groups in total. The molecule has 48 heavy (non-hydrogen) atoms. The first-order chi connectivity index (χ1) is 22.5. The number of urea groups is 1. The summed E-state index contributed by atoms with van der Waals surface area (Å²) in [5.74, 6) is -2.78. The molecule has 13 heteroatoms. The quantitative estimate of drug-likeness (QED) is 0.253. The summed E-state index contributed by atoms with van der Waals surface area (Å²) in [5.41, 5.74) is 0.652. The van der Waals surface area contributed by atoms with E-state index in [9.17, 15) is 28.8 Å². The molecule has 2 fully saturated rings. The Morgan fingerprint density at radius 1 is 0.958 bits per heavy atom. The van der Waals surface area contributed by atoms with Crippen LogP contribution in [0.25, 0.3) is 0 Å². The van der Waals surface area contributed by atoms with E-state index in [-0.39, 0.29) is 25.4 Å². The number of likely N-dealkylation sites (tertiary alicyclic amines) is 1. The molecule has 0 spiro atoms. The fourth-order valence-corrected chi connectivity index (χ4v) is 5.88. The summed E-state index contributed by atoms with van der Waals surface area (Å²) in [6.07, 6.45) is 1.57. The maximum Gasteiger partial charge on any atom is 0.410 e. The van der Waals surface area contributed by atoms with Crippen LogP contribution in [0.3, 0.4) is 0 Å². The Bertz CT molecular complexity index is 1400. The van der Waals surface area contributed by atoms with Crippen LogP contribution in [0.4, 0.5) is 9.59 Å². The monoisotopic (exact) mass is 669 g/mol. The highest BCUT2D eigenvalue weighted by atomic mass is 16.6. The Morgan fingerprint density at radius 3 is 2.23 bits per heavy atom. The van der Waals surface area contributed by atoms with Gasteiger partial charge in [0.15, 0.2) is 0 Å². The number of ether oxygens (including phenoxy) is 2. The first-order valence-corrected chi connectivity index (χ1v) is 16.9. The molecule has 1 saturated carbocycles. The van der Waals surface area contributed by atoms with E-state index in [1.807, 2.05) is 31.2 Å². The van der Waals surface area contributed by atoms with E-state index in [0.717, 1.165) is 18.4 Å². The van der Waals surface area contributed by atoms with E-state index in [2.05, 4.69) is 16.0 Å². The lowest BCUT2D eigenvalue weighted by Crippen LogP contribution is -2.58. The molecular formula is C35H51N5O8. The molecule has 4 atom stereocenters. The highest BCUT2D eigenvalue weighted by Gasteiger charge is 2.46. The predicted molar refractivity (Wildman–Crippen MR) is 177 cm³/mol. The molecule has 0 bridgehead atoms. The van der Waals surface area contributed by atoms with Gasteiger partial charge < -0.3 is 35.2 Å².